The van der Waals surface area contributed by atoms with E-state index in [0.717, 1.165) is 24.7 Å². The van der Waals surface area contributed by atoms with Gasteiger partial charge in [-0.25, -0.2) is 0 Å². The third-order valence-corrected chi connectivity index (χ3v) is 3.65. The number of alkyl halides is 1. The zero-order valence-corrected chi connectivity index (χ0v) is 10.3. The van der Waals surface area contributed by atoms with Gasteiger partial charge in [0.2, 0.25) is 0 Å². The third kappa shape index (κ3) is 1.95. The van der Waals surface area contributed by atoms with Crippen LogP contribution in [0.5, 0.6) is 0 Å². The molecule has 0 radical (unpaired) electrons. The molecular weight excluding hydrogens is 258 g/mol. The van der Waals surface area contributed by atoms with Crippen LogP contribution < -0.4 is 0 Å². The van der Waals surface area contributed by atoms with Gasteiger partial charge in [0.1, 0.15) is 5.76 Å². The van der Waals surface area contributed by atoms with Crippen molar-refractivity contribution in [3.05, 3.63) is 23.7 Å². The van der Waals surface area contributed by atoms with E-state index in [2.05, 4.69) is 15.9 Å². The fourth-order valence-corrected chi connectivity index (χ4v) is 2.70. The van der Waals surface area contributed by atoms with Crippen molar-refractivity contribution in [3.63, 3.8) is 0 Å². The lowest BCUT2D eigenvalue weighted by Gasteiger charge is -2.22. The van der Waals surface area contributed by atoms with Crippen molar-refractivity contribution < 1.29 is 9.21 Å². The van der Waals surface area contributed by atoms with Crippen LogP contribution in [0.1, 0.15) is 29.0 Å². The first-order valence-electron chi connectivity index (χ1n) is 5.15. The zero-order valence-electron chi connectivity index (χ0n) is 8.70. The number of rotatable bonds is 2. The number of furan rings is 1. The maximum atomic E-state index is 12.1. The molecule has 0 N–H and O–H groups in total. The van der Waals surface area contributed by atoms with Gasteiger partial charge in [-0.3, -0.25) is 4.79 Å². The van der Waals surface area contributed by atoms with Gasteiger partial charge in [-0.05, 0) is 25.8 Å². The second kappa shape index (κ2) is 4.39. The minimum absolute atomic E-state index is 0.100. The number of carbonyl (C=O) groups is 1. The molecular formula is C11H14BrNO2. The number of hydrogen-bond acceptors (Lipinski definition) is 2. The van der Waals surface area contributed by atoms with Crippen molar-refractivity contribution in [2.45, 2.75) is 25.8 Å². The van der Waals surface area contributed by atoms with Gasteiger partial charge in [-0.15, -0.1) is 0 Å². The SMILES string of the molecule is Cc1occc1C(=O)N1CCCC1CBr. The molecule has 1 saturated heterocycles. The Balaban J connectivity index is 2.18. The number of hydrogen-bond donors (Lipinski definition) is 0. The molecule has 1 aliphatic heterocycles. The average molecular weight is 272 g/mol. The smallest absolute Gasteiger partial charge is 0.257 e. The molecule has 4 heteroatoms. The first-order valence-corrected chi connectivity index (χ1v) is 6.27. The summed E-state index contributed by atoms with van der Waals surface area (Å²) in [7, 11) is 0. The summed E-state index contributed by atoms with van der Waals surface area (Å²) in [6.07, 6.45) is 3.76. The second-order valence-corrected chi connectivity index (χ2v) is 4.49. The van der Waals surface area contributed by atoms with E-state index in [1.54, 1.807) is 12.3 Å². The average Bonchev–Trinajstić information content (AvgIpc) is 2.84. The van der Waals surface area contributed by atoms with E-state index in [0.29, 0.717) is 17.4 Å². The molecule has 1 fully saturated rings. The maximum absolute atomic E-state index is 12.1. The molecule has 0 bridgehead atoms. The maximum Gasteiger partial charge on any atom is 0.257 e. The van der Waals surface area contributed by atoms with Gasteiger partial charge in [0.15, 0.2) is 0 Å². The summed E-state index contributed by atoms with van der Waals surface area (Å²) in [5.74, 6) is 0.809. The molecule has 1 aromatic heterocycles. The van der Waals surface area contributed by atoms with Gasteiger partial charge >= 0.3 is 0 Å². The Morgan fingerprint density at radius 1 is 1.73 bits per heavy atom. The van der Waals surface area contributed by atoms with Crippen LogP contribution in [0.25, 0.3) is 0 Å². The first kappa shape index (κ1) is 10.7. The largest absolute Gasteiger partial charge is 0.469 e. The Kier molecular flexibility index (Phi) is 3.14. The second-order valence-electron chi connectivity index (χ2n) is 3.84. The lowest BCUT2D eigenvalue weighted by Crippen LogP contribution is -2.36. The van der Waals surface area contributed by atoms with Gasteiger partial charge in [-0.1, -0.05) is 15.9 Å². The Bertz CT molecular complexity index is 361. The number of aryl methyl sites for hydroxylation is 1. The van der Waals surface area contributed by atoms with Crippen molar-refractivity contribution in [2.75, 3.05) is 11.9 Å². The van der Waals surface area contributed by atoms with Crippen LogP contribution in [-0.2, 0) is 0 Å². The topological polar surface area (TPSA) is 33.5 Å². The predicted octanol–water partition coefficient (Wildman–Crippen LogP) is 2.59. The zero-order chi connectivity index (χ0) is 10.8. The summed E-state index contributed by atoms with van der Waals surface area (Å²) in [5.41, 5.74) is 0.697. The van der Waals surface area contributed by atoms with Crippen LogP contribution in [0, 0.1) is 6.92 Å². The van der Waals surface area contributed by atoms with E-state index in [1.165, 1.54) is 0 Å². The molecule has 3 nitrogen and oxygen atoms in total. The van der Waals surface area contributed by atoms with Gasteiger partial charge < -0.3 is 9.32 Å². The molecule has 82 valence electrons. The fraction of sp³-hybridized carbons (Fsp3) is 0.545. The molecule has 1 unspecified atom stereocenters. The molecule has 0 spiro atoms. The molecule has 1 aromatic rings. The number of amides is 1. The van der Waals surface area contributed by atoms with E-state index >= 15 is 0 Å². The molecule has 1 aliphatic rings. The summed E-state index contributed by atoms with van der Waals surface area (Å²) < 4.78 is 5.15. The van der Waals surface area contributed by atoms with Crippen molar-refractivity contribution in [1.29, 1.82) is 0 Å². The highest BCUT2D eigenvalue weighted by Crippen LogP contribution is 2.22. The highest BCUT2D eigenvalue weighted by Gasteiger charge is 2.29. The summed E-state index contributed by atoms with van der Waals surface area (Å²) in [6.45, 7) is 2.69. The van der Waals surface area contributed by atoms with E-state index in [9.17, 15) is 4.79 Å². The molecule has 15 heavy (non-hydrogen) atoms. The summed E-state index contributed by atoms with van der Waals surface area (Å²) in [6, 6.07) is 2.09. The van der Waals surface area contributed by atoms with Crippen LogP contribution >= 0.6 is 15.9 Å². The van der Waals surface area contributed by atoms with Crippen molar-refractivity contribution in [2.24, 2.45) is 0 Å². The van der Waals surface area contributed by atoms with Crippen LogP contribution in [-0.4, -0.2) is 28.7 Å². The molecule has 1 atom stereocenters. The number of halogens is 1. The molecule has 2 heterocycles. The Morgan fingerprint density at radius 3 is 3.13 bits per heavy atom. The van der Waals surface area contributed by atoms with Crippen molar-refractivity contribution in [3.8, 4) is 0 Å². The van der Waals surface area contributed by atoms with Gasteiger partial charge in [0, 0.05) is 17.9 Å². The summed E-state index contributed by atoms with van der Waals surface area (Å²) >= 11 is 3.45. The quantitative estimate of drug-likeness (QED) is 0.775. The highest BCUT2D eigenvalue weighted by molar-refractivity contribution is 9.09. The first-order chi connectivity index (χ1) is 7.24. The Morgan fingerprint density at radius 2 is 2.53 bits per heavy atom. The van der Waals surface area contributed by atoms with Gasteiger partial charge in [-0.2, -0.15) is 0 Å². The molecule has 1 amide bonds. The minimum Gasteiger partial charge on any atom is -0.469 e. The molecule has 0 saturated carbocycles. The summed E-state index contributed by atoms with van der Waals surface area (Å²) in [4.78, 5) is 14.1. The Labute approximate surface area is 97.6 Å². The number of likely N-dealkylation sites (tertiary alicyclic amines) is 1. The van der Waals surface area contributed by atoms with Crippen molar-refractivity contribution in [1.82, 2.24) is 4.90 Å². The van der Waals surface area contributed by atoms with E-state index in [4.69, 9.17) is 4.42 Å². The van der Waals surface area contributed by atoms with Gasteiger partial charge in [0.25, 0.3) is 5.91 Å². The molecule has 2 rings (SSSR count). The van der Waals surface area contributed by atoms with Crippen LogP contribution in [0.3, 0.4) is 0 Å². The van der Waals surface area contributed by atoms with Gasteiger partial charge in [0.05, 0.1) is 11.8 Å². The summed E-state index contributed by atoms with van der Waals surface area (Å²) in [5, 5.41) is 0.857. The predicted molar refractivity (Wildman–Crippen MR) is 61.3 cm³/mol. The van der Waals surface area contributed by atoms with Crippen molar-refractivity contribution >= 4 is 21.8 Å². The normalized spacial score (nSPS) is 20.9. The monoisotopic (exact) mass is 271 g/mol. The number of carbonyl (C=O) groups excluding carboxylic acids is 1. The fourth-order valence-electron chi connectivity index (χ4n) is 2.03. The molecule has 0 aromatic carbocycles. The van der Waals surface area contributed by atoms with E-state index < -0.39 is 0 Å². The lowest BCUT2D eigenvalue weighted by molar-refractivity contribution is 0.0749. The van der Waals surface area contributed by atoms with E-state index in [-0.39, 0.29) is 5.91 Å². The standard InChI is InChI=1S/C11H14BrNO2/c1-8-10(4-6-15-8)11(14)13-5-2-3-9(13)7-12/h4,6,9H,2-3,5,7H2,1H3. The third-order valence-electron chi connectivity index (χ3n) is 2.91. The molecule has 0 aliphatic carbocycles. The number of nitrogens with zero attached hydrogens (tertiary/aromatic N) is 1. The highest BCUT2D eigenvalue weighted by atomic mass is 79.9. The minimum atomic E-state index is 0.100. The van der Waals surface area contributed by atoms with Crippen LogP contribution in [0.4, 0.5) is 0 Å². The van der Waals surface area contributed by atoms with E-state index in [1.807, 2.05) is 11.8 Å². The van der Waals surface area contributed by atoms with Crippen LogP contribution in [0.2, 0.25) is 0 Å². The Hall–Kier alpha value is -0.770. The van der Waals surface area contributed by atoms with Crippen LogP contribution in [0.15, 0.2) is 16.7 Å². The lowest BCUT2D eigenvalue weighted by atomic mass is 10.2.